The molecule has 148 valence electrons. The molecule has 1 atom stereocenters. The van der Waals surface area contributed by atoms with Crippen molar-refractivity contribution < 1.29 is 9.59 Å². The van der Waals surface area contributed by atoms with Crippen molar-refractivity contribution in [2.45, 2.75) is 51.5 Å². The SMILES string of the molecule is CCCC(=O)N(CCc1ccccc1)CC(=O)NC1CCCc2ccccc21. The van der Waals surface area contributed by atoms with E-state index < -0.39 is 0 Å². The summed E-state index contributed by atoms with van der Waals surface area (Å²) in [7, 11) is 0. The second-order valence-corrected chi connectivity index (χ2v) is 7.51. The summed E-state index contributed by atoms with van der Waals surface area (Å²) in [6.45, 7) is 2.69. The number of nitrogens with one attached hydrogen (secondary N) is 1. The predicted molar refractivity (Wildman–Crippen MR) is 112 cm³/mol. The Morgan fingerprint density at radius 3 is 2.61 bits per heavy atom. The number of benzene rings is 2. The van der Waals surface area contributed by atoms with Crippen LogP contribution < -0.4 is 5.32 Å². The molecule has 2 aromatic carbocycles. The van der Waals surface area contributed by atoms with Gasteiger partial charge >= 0.3 is 0 Å². The highest BCUT2D eigenvalue weighted by Gasteiger charge is 2.23. The van der Waals surface area contributed by atoms with E-state index in [9.17, 15) is 9.59 Å². The van der Waals surface area contributed by atoms with Gasteiger partial charge in [0.1, 0.15) is 0 Å². The zero-order valence-corrected chi connectivity index (χ0v) is 16.7. The van der Waals surface area contributed by atoms with Crippen molar-refractivity contribution in [1.29, 1.82) is 0 Å². The number of hydrogen-bond donors (Lipinski definition) is 1. The number of amides is 2. The highest BCUT2D eigenvalue weighted by Crippen LogP contribution is 2.29. The van der Waals surface area contributed by atoms with Crippen LogP contribution in [0.2, 0.25) is 0 Å². The number of aryl methyl sites for hydroxylation is 1. The molecule has 28 heavy (non-hydrogen) atoms. The lowest BCUT2D eigenvalue weighted by Crippen LogP contribution is -2.43. The van der Waals surface area contributed by atoms with Gasteiger partial charge in [-0.15, -0.1) is 0 Å². The average Bonchev–Trinajstić information content (AvgIpc) is 2.72. The summed E-state index contributed by atoms with van der Waals surface area (Å²) in [5, 5.41) is 3.17. The Hall–Kier alpha value is -2.62. The summed E-state index contributed by atoms with van der Waals surface area (Å²) in [4.78, 5) is 27.0. The molecule has 1 aliphatic rings. The van der Waals surface area contributed by atoms with E-state index in [1.807, 2.05) is 31.2 Å². The number of nitrogens with zero attached hydrogens (tertiary/aromatic N) is 1. The highest BCUT2D eigenvalue weighted by atomic mass is 16.2. The lowest BCUT2D eigenvalue weighted by atomic mass is 9.88. The molecule has 0 aromatic heterocycles. The maximum absolute atomic E-state index is 12.7. The molecule has 0 aliphatic heterocycles. The molecule has 0 fully saturated rings. The molecule has 1 aliphatic carbocycles. The van der Waals surface area contributed by atoms with Crippen LogP contribution in [0.15, 0.2) is 54.6 Å². The minimum atomic E-state index is -0.0702. The fraction of sp³-hybridized carbons (Fsp3) is 0.417. The summed E-state index contributed by atoms with van der Waals surface area (Å²) in [6, 6.07) is 18.5. The van der Waals surface area contributed by atoms with Gasteiger partial charge in [-0.1, -0.05) is 61.5 Å². The standard InChI is InChI=1S/C24H30N2O2/c1-2-9-24(28)26(17-16-19-10-4-3-5-11-19)18-23(27)25-22-15-8-13-20-12-6-7-14-21(20)22/h3-7,10-12,14,22H,2,8-9,13,15-18H2,1H3,(H,25,27). The first-order valence-electron chi connectivity index (χ1n) is 10.4. The summed E-state index contributed by atoms with van der Waals surface area (Å²) in [5.41, 5.74) is 3.72. The van der Waals surface area contributed by atoms with Crippen LogP contribution in [0.5, 0.6) is 0 Å². The van der Waals surface area contributed by atoms with E-state index in [1.165, 1.54) is 16.7 Å². The molecule has 3 rings (SSSR count). The molecule has 1 N–H and O–H groups in total. The van der Waals surface area contributed by atoms with Crippen molar-refractivity contribution in [3.63, 3.8) is 0 Å². The normalized spacial score (nSPS) is 15.5. The zero-order chi connectivity index (χ0) is 19.8. The molecule has 2 aromatic rings. The fourth-order valence-electron chi connectivity index (χ4n) is 3.89. The Morgan fingerprint density at radius 1 is 1.07 bits per heavy atom. The van der Waals surface area contributed by atoms with E-state index in [2.05, 4.69) is 35.6 Å². The van der Waals surface area contributed by atoms with Gasteiger partial charge in [0, 0.05) is 13.0 Å². The minimum absolute atomic E-state index is 0.0506. The molecule has 0 radical (unpaired) electrons. The van der Waals surface area contributed by atoms with Gasteiger partial charge < -0.3 is 10.2 Å². The average molecular weight is 379 g/mol. The second kappa shape index (κ2) is 10.1. The van der Waals surface area contributed by atoms with E-state index in [1.54, 1.807) is 4.90 Å². The van der Waals surface area contributed by atoms with E-state index in [0.29, 0.717) is 13.0 Å². The summed E-state index contributed by atoms with van der Waals surface area (Å²) in [5.74, 6) is -0.0168. The molecule has 0 saturated heterocycles. The van der Waals surface area contributed by atoms with Gasteiger partial charge in [-0.2, -0.15) is 0 Å². The Balaban J connectivity index is 1.61. The van der Waals surface area contributed by atoms with Crippen molar-refractivity contribution in [2.24, 2.45) is 0 Å². The van der Waals surface area contributed by atoms with Crippen LogP contribution in [0.4, 0.5) is 0 Å². The topological polar surface area (TPSA) is 49.4 Å². The van der Waals surface area contributed by atoms with Gasteiger partial charge in [-0.05, 0) is 48.8 Å². The Morgan fingerprint density at radius 2 is 1.82 bits per heavy atom. The Kier molecular flexibility index (Phi) is 7.24. The molecule has 4 nitrogen and oxygen atoms in total. The molecule has 0 spiro atoms. The number of rotatable bonds is 8. The summed E-state index contributed by atoms with van der Waals surface area (Å²) < 4.78 is 0. The van der Waals surface area contributed by atoms with Gasteiger partial charge in [-0.25, -0.2) is 0 Å². The zero-order valence-electron chi connectivity index (χ0n) is 16.7. The van der Waals surface area contributed by atoms with Crippen molar-refractivity contribution in [1.82, 2.24) is 10.2 Å². The Labute approximate surface area is 167 Å². The van der Waals surface area contributed by atoms with Crippen LogP contribution in [0, 0.1) is 0 Å². The van der Waals surface area contributed by atoms with Crippen LogP contribution in [0.25, 0.3) is 0 Å². The predicted octanol–water partition coefficient (Wildman–Crippen LogP) is 4.05. The lowest BCUT2D eigenvalue weighted by Gasteiger charge is -2.28. The monoisotopic (exact) mass is 378 g/mol. The lowest BCUT2D eigenvalue weighted by molar-refractivity contribution is -0.136. The molecular weight excluding hydrogens is 348 g/mol. The molecule has 0 heterocycles. The smallest absolute Gasteiger partial charge is 0.240 e. The third kappa shape index (κ3) is 5.44. The number of carbonyl (C=O) groups is 2. The Bertz CT molecular complexity index is 788. The van der Waals surface area contributed by atoms with Crippen LogP contribution in [0.1, 0.15) is 55.3 Å². The molecular formula is C24H30N2O2. The van der Waals surface area contributed by atoms with Crippen LogP contribution >= 0.6 is 0 Å². The maximum Gasteiger partial charge on any atom is 0.240 e. The number of fused-ring (bicyclic) bond motifs is 1. The molecule has 0 saturated carbocycles. The van der Waals surface area contributed by atoms with E-state index >= 15 is 0 Å². The van der Waals surface area contributed by atoms with E-state index in [0.717, 1.165) is 32.1 Å². The van der Waals surface area contributed by atoms with Crippen molar-refractivity contribution >= 4 is 11.8 Å². The van der Waals surface area contributed by atoms with Crippen molar-refractivity contribution in [2.75, 3.05) is 13.1 Å². The highest BCUT2D eigenvalue weighted by molar-refractivity contribution is 5.85. The number of hydrogen-bond acceptors (Lipinski definition) is 2. The van der Waals surface area contributed by atoms with Crippen LogP contribution in [-0.4, -0.2) is 29.8 Å². The van der Waals surface area contributed by atoms with E-state index in [4.69, 9.17) is 0 Å². The van der Waals surface area contributed by atoms with Crippen LogP contribution in [0.3, 0.4) is 0 Å². The maximum atomic E-state index is 12.7. The third-order valence-corrected chi connectivity index (χ3v) is 5.37. The quantitative estimate of drug-likeness (QED) is 0.753. The van der Waals surface area contributed by atoms with Crippen molar-refractivity contribution in [3.05, 3.63) is 71.3 Å². The van der Waals surface area contributed by atoms with Gasteiger partial charge in [-0.3, -0.25) is 9.59 Å². The van der Waals surface area contributed by atoms with Gasteiger partial charge in [0.25, 0.3) is 0 Å². The van der Waals surface area contributed by atoms with Gasteiger partial charge in [0.2, 0.25) is 11.8 Å². The van der Waals surface area contributed by atoms with Crippen LogP contribution in [-0.2, 0) is 22.4 Å². The first kappa shape index (κ1) is 20.1. The molecule has 1 unspecified atom stereocenters. The second-order valence-electron chi connectivity index (χ2n) is 7.51. The van der Waals surface area contributed by atoms with Gasteiger partial charge in [0.15, 0.2) is 0 Å². The minimum Gasteiger partial charge on any atom is -0.348 e. The molecule has 0 bridgehead atoms. The van der Waals surface area contributed by atoms with E-state index in [-0.39, 0.29) is 24.4 Å². The van der Waals surface area contributed by atoms with Crippen molar-refractivity contribution in [3.8, 4) is 0 Å². The first-order chi connectivity index (χ1) is 13.7. The summed E-state index contributed by atoms with van der Waals surface area (Å²) in [6.07, 6.45) is 5.13. The largest absolute Gasteiger partial charge is 0.348 e. The first-order valence-corrected chi connectivity index (χ1v) is 10.4. The summed E-state index contributed by atoms with van der Waals surface area (Å²) >= 11 is 0. The third-order valence-electron chi connectivity index (χ3n) is 5.37. The molecule has 4 heteroatoms. The molecule has 2 amide bonds. The fourth-order valence-corrected chi connectivity index (χ4v) is 3.89. The number of carbonyl (C=O) groups excluding carboxylic acids is 2. The van der Waals surface area contributed by atoms with Gasteiger partial charge in [0.05, 0.1) is 12.6 Å².